The first-order valence-corrected chi connectivity index (χ1v) is 7.60. The predicted molar refractivity (Wildman–Crippen MR) is 81.5 cm³/mol. The van der Waals surface area contributed by atoms with Crippen molar-refractivity contribution in [2.24, 2.45) is 0 Å². The zero-order valence-electron chi connectivity index (χ0n) is 11.9. The number of carbonyl (C=O) groups excluding carboxylic acids is 1. The molecule has 0 aliphatic carbocycles. The van der Waals surface area contributed by atoms with Crippen molar-refractivity contribution in [2.45, 2.75) is 19.4 Å². The van der Waals surface area contributed by atoms with Gasteiger partial charge in [0.1, 0.15) is 5.75 Å². The Bertz CT molecular complexity index is 478. The molecule has 0 spiro atoms. The maximum atomic E-state index is 12.3. The zero-order chi connectivity index (χ0) is 14.5. The van der Waals surface area contributed by atoms with E-state index in [0.717, 1.165) is 36.3 Å². The molecular formula is C15H20BrNO3. The highest BCUT2D eigenvalue weighted by molar-refractivity contribution is 9.10. The lowest BCUT2D eigenvalue weighted by Crippen LogP contribution is -2.34. The quantitative estimate of drug-likeness (QED) is 0.789. The van der Waals surface area contributed by atoms with Gasteiger partial charge in [0.2, 0.25) is 0 Å². The third-order valence-electron chi connectivity index (χ3n) is 3.38. The largest absolute Gasteiger partial charge is 0.496 e. The minimum Gasteiger partial charge on any atom is -0.496 e. The summed E-state index contributed by atoms with van der Waals surface area (Å²) in [7, 11) is 1.61. The van der Waals surface area contributed by atoms with Crippen molar-refractivity contribution in [3.05, 3.63) is 28.2 Å². The van der Waals surface area contributed by atoms with Crippen LogP contribution in [0.2, 0.25) is 0 Å². The van der Waals surface area contributed by atoms with Gasteiger partial charge in [-0.25, -0.2) is 0 Å². The van der Waals surface area contributed by atoms with Gasteiger partial charge in [-0.15, -0.1) is 0 Å². The number of halogens is 1. The number of Topliss-reactive ketones (excluding diaryl/α,β-unsaturated/α-hetero) is 1. The van der Waals surface area contributed by atoms with Crippen LogP contribution in [0.25, 0.3) is 0 Å². The van der Waals surface area contributed by atoms with E-state index >= 15 is 0 Å². The zero-order valence-corrected chi connectivity index (χ0v) is 13.5. The number of nitrogens with zero attached hydrogens (tertiary/aromatic N) is 1. The van der Waals surface area contributed by atoms with Crippen molar-refractivity contribution in [3.8, 4) is 5.75 Å². The van der Waals surface area contributed by atoms with Crippen LogP contribution in [0.3, 0.4) is 0 Å². The summed E-state index contributed by atoms with van der Waals surface area (Å²) in [6.45, 7) is 4.98. The van der Waals surface area contributed by atoms with Crippen LogP contribution in [0.4, 0.5) is 0 Å². The highest BCUT2D eigenvalue weighted by Gasteiger charge is 2.18. The van der Waals surface area contributed by atoms with Crippen molar-refractivity contribution in [2.75, 3.05) is 33.4 Å². The molecule has 110 valence electrons. The SMILES string of the molecule is COc1ccc(C(=O)CN2CCCOC(C)C2)cc1Br. The molecule has 1 aromatic rings. The molecule has 1 fully saturated rings. The van der Waals surface area contributed by atoms with Crippen molar-refractivity contribution in [3.63, 3.8) is 0 Å². The van der Waals surface area contributed by atoms with Crippen molar-refractivity contribution in [1.82, 2.24) is 4.90 Å². The highest BCUT2D eigenvalue weighted by atomic mass is 79.9. The molecule has 1 aliphatic rings. The summed E-state index contributed by atoms with van der Waals surface area (Å²) in [6, 6.07) is 5.44. The number of carbonyl (C=O) groups is 1. The topological polar surface area (TPSA) is 38.8 Å². The molecule has 0 radical (unpaired) electrons. The standard InChI is InChI=1S/C15H20BrNO3/c1-11-9-17(6-3-7-20-11)10-14(18)12-4-5-15(19-2)13(16)8-12/h4-5,8,11H,3,6-7,9-10H2,1-2H3. The van der Waals surface area contributed by atoms with Crippen molar-refractivity contribution in [1.29, 1.82) is 0 Å². The Balaban J connectivity index is 2.02. The number of hydrogen-bond acceptors (Lipinski definition) is 4. The summed E-state index contributed by atoms with van der Waals surface area (Å²) >= 11 is 3.41. The third kappa shape index (κ3) is 4.04. The van der Waals surface area contributed by atoms with E-state index in [1.807, 2.05) is 25.1 Å². The van der Waals surface area contributed by atoms with Crippen LogP contribution in [-0.4, -0.2) is 50.1 Å². The number of hydrogen-bond donors (Lipinski definition) is 0. The Morgan fingerprint density at radius 2 is 2.35 bits per heavy atom. The second kappa shape index (κ2) is 7.20. The number of methoxy groups -OCH3 is 1. The van der Waals surface area contributed by atoms with Gasteiger partial charge in [0, 0.05) is 25.3 Å². The van der Waals surface area contributed by atoms with Crippen LogP contribution in [0.15, 0.2) is 22.7 Å². The lowest BCUT2D eigenvalue weighted by atomic mass is 10.1. The molecule has 1 atom stereocenters. The fraction of sp³-hybridized carbons (Fsp3) is 0.533. The molecular weight excluding hydrogens is 322 g/mol. The number of benzene rings is 1. The third-order valence-corrected chi connectivity index (χ3v) is 4.00. The molecule has 0 amide bonds. The summed E-state index contributed by atoms with van der Waals surface area (Å²) < 4.78 is 11.6. The van der Waals surface area contributed by atoms with Crippen LogP contribution >= 0.6 is 15.9 Å². The molecule has 1 saturated heterocycles. The second-order valence-corrected chi connectivity index (χ2v) is 5.90. The summed E-state index contributed by atoms with van der Waals surface area (Å²) in [5.41, 5.74) is 0.704. The van der Waals surface area contributed by atoms with E-state index < -0.39 is 0 Å². The fourth-order valence-corrected chi connectivity index (χ4v) is 2.90. The lowest BCUT2D eigenvalue weighted by molar-refractivity contribution is 0.0657. The smallest absolute Gasteiger partial charge is 0.176 e. The Morgan fingerprint density at radius 1 is 1.55 bits per heavy atom. The Hall–Kier alpha value is -0.910. The normalized spacial score (nSPS) is 20.4. The van der Waals surface area contributed by atoms with Gasteiger partial charge in [0.05, 0.1) is 24.2 Å². The van der Waals surface area contributed by atoms with Crippen LogP contribution in [0.1, 0.15) is 23.7 Å². The molecule has 5 heteroatoms. The van der Waals surface area contributed by atoms with Crippen molar-refractivity contribution >= 4 is 21.7 Å². The molecule has 1 unspecified atom stereocenters. The molecule has 0 bridgehead atoms. The molecule has 1 heterocycles. The van der Waals surface area contributed by atoms with Gasteiger partial charge in [-0.2, -0.15) is 0 Å². The molecule has 4 nitrogen and oxygen atoms in total. The lowest BCUT2D eigenvalue weighted by Gasteiger charge is -2.20. The van der Waals surface area contributed by atoms with Gasteiger partial charge in [0.25, 0.3) is 0 Å². The van der Waals surface area contributed by atoms with Crippen LogP contribution in [0.5, 0.6) is 5.75 Å². The Morgan fingerprint density at radius 3 is 3.05 bits per heavy atom. The molecule has 0 N–H and O–H groups in total. The second-order valence-electron chi connectivity index (χ2n) is 5.04. The Kier molecular flexibility index (Phi) is 5.57. The van der Waals surface area contributed by atoms with Crippen LogP contribution < -0.4 is 4.74 Å². The molecule has 1 aliphatic heterocycles. The highest BCUT2D eigenvalue weighted by Crippen LogP contribution is 2.25. The molecule has 2 rings (SSSR count). The minimum absolute atomic E-state index is 0.127. The minimum atomic E-state index is 0.127. The van der Waals surface area contributed by atoms with E-state index in [1.54, 1.807) is 7.11 Å². The first kappa shape index (κ1) is 15.5. The van der Waals surface area contributed by atoms with Gasteiger partial charge >= 0.3 is 0 Å². The molecule has 0 saturated carbocycles. The average Bonchev–Trinajstić information content (AvgIpc) is 2.62. The van der Waals surface area contributed by atoms with Crippen LogP contribution in [0, 0.1) is 0 Å². The first-order valence-electron chi connectivity index (χ1n) is 6.81. The van der Waals surface area contributed by atoms with E-state index in [-0.39, 0.29) is 11.9 Å². The van der Waals surface area contributed by atoms with Crippen molar-refractivity contribution < 1.29 is 14.3 Å². The van der Waals surface area contributed by atoms with Gasteiger partial charge in [-0.3, -0.25) is 9.69 Å². The van der Waals surface area contributed by atoms with E-state index in [0.29, 0.717) is 12.1 Å². The number of ketones is 1. The van der Waals surface area contributed by atoms with Gasteiger partial charge in [0.15, 0.2) is 5.78 Å². The van der Waals surface area contributed by atoms with Crippen LogP contribution in [-0.2, 0) is 4.74 Å². The summed E-state index contributed by atoms with van der Waals surface area (Å²) in [5.74, 6) is 0.862. The summed E-state index contributed by atoms with van der Waals surface area (Å²) in [4.78, 5) is 14.5. The monoisotopic (exact) mass is 341 g/mol. The van der Waals surface area contributed by atoms with Gasteiger partial charge in [-0.1, -0.05) is 0 Å². The van der Waals surface area contributed by atoms with E-state index in [2.05, 4.69) is 20.8 Å². The van der Waals surface area contributed by atoms with E-state index in [9.17, 15) is 4.79 Å². The van der Waals surface area contributed by atoms with Gasteiger partial charge in [-0.05, 0) is 47.5 Å². The predicted octanol–water partition coefficient (Wildman–Crippen LogP) is 2.75. The Labute approximate surface area is 128 Å². The molecule has 20 heavy (non-hydrogen) atoms. The van der Waals surface area contributed by atoms with Gasteiger partial charge < -0.3 is 9.47 Å². The first-order chi connectivity index (χ1) is 9.60. The molecule has 0 aromatic heterocycles. The maximum Gasteiger partial charge on any atom is 0.176 e. The summed E-state index contributed by atoms with van der Waals surface area (Å²) in [6.07, 6.45) is 1.16. The fourth-order valence-electron chi connectivity index (χ4n) is 2.36. The number of rotatable bonds is 4. The van der Waals surface area contributed by atoms with E-state index in [4.69, 9.17) is 9.47 Å². The van der Waals surface area contributed by atoms with E-state index in [1.165, 1.54) is 0 Å². The maximum absolute atomic E-state index is 12.3. The molecule has 1 aromatic carbocycles. The number of ether oxygens (including phenoxy) is 2. The summed E-state index contributed by atoms with van der Waals surface area (Å²) in [5, 5.41) is 0. The average molecular weight is 342 g/mol.